The summed E-state index contributed by atoms with van der Waals surface area (Å²) in [7, 11) is 3.35. The van der Waals surface area contributed by atoms with Crippen molar-refractivity contribution in [1.82, 2.24) is 9.78 Å². The molecule has 1 saturated heterocycles. The summed E-state index contributed by atoms with van der Waals surface area (Å²) >= 11 is 1.10. The van der Waals surface area contributed by atoms with Crippen molar-refractivity contribution >= 4 is 23.4 Å². The van der Waals surface area contributed by atoms with Gasteiger partial charge in [0.25, 0.3) is 5.91 Å². The molecule has 1 amide bonds. The molecule has 1 aromatic carbocycles. The fourth-order valence-electron chi connectivity index (χ4n) is 4.57. The van der Waals surface area contributed by atoms with Gasteiger partial charge in [-0.2, -0.15) is 5.10 Å². The molecule has 178 valence electrons. The van der Waals surface area contributed by atoms with E-state index in [4.69, 9.17) is 20.9 Å². The molecule has 0 bridgehead atoms. The van der Waals surface area contributed by atoms with Crippen LogP contribution in [0.3, 0.4) is 0 Å². The summed E-state index contributed by atoms with van der Waals surface area (Å²) in [4.78, 5) is 13.8. The fraction of sp³-hybridized carbons (Fsp3) is 0.455. The summed E-state index contributed by atoms with van der Waals surface area (Å²) in [6.45, 7) is 1.89. The van der Waals surface area contributed by atoms with Crippen molar-refractivity contribution in [2.24, 2.45) is 18.5 Å². The third-order valence-electron chi connectivity index (χ3n) is 6.13. The van der Waals surface area contributed by atoms with Crippen molar-refractivity contribution in [2.75, 3.05) is 12.0 Å². The van der Waals surface area contributed by atoms with E-state index in [1.807, 2.05) is 6.92 Å². The molecule has 0 saturated carbocycles. The SMILES string of the molecule is CO[C@H]1[C@H](N)CC[C@@H](c2c(N3C(C(N)=O)=CSC3c3c(F)cccc3F)cnn2C)O[C@H]1C. The lowest BCUT2D eigenvalue weighted by atomic mass is 10.0. The third-order valence-corrected chi connectivity index (χ3v) is 7.19. The highest BCUT2D eigenvalue weighted by Crippen LogP contribution is 2.49. The molecule has 2 aliphatic heterocycles. The number of primary amides is 1. The van der Waals surface area contributed by atoms with Gasteiger partial charge >= 0.3 is 0 Å². The molecule has 5 atom stereocenters. The first-order valence-electron chi connectivity index (χ1n) is 10.6. The van der Waals surface area contributed by atoms with Gasteiger partial charge in [-0.15, -0.1) is 11.8 Å². The predicted octanol–water partition coefficient (Wildman–Crippen LogP) is 2.86. The Hall–Kier alpha value is -2.47. The molecule has 1 fully saturated rings. The largest absolute Gasteiger partial charge is 0.377 e. The molecule has 11 heteroatoms. The van der Waals surface area contributed by atoms with Crippen LogP contribution < -0.4 is 16.4 Å². The number of ether oxygens (including phenoxy) is 2. The van der Waals surface area contributed by atoms with E-state index < -0.39 is 29.0 Å². The second-order valence-corrected chi connectivity index (χ2v) is 9.13. The first-order chi connectivity index (χ1) is 15.7. The molecule has 3 heterocycles. The highest BCUT2D eigenvalue weighted by molar-refractivity contribution is 8.02. The van der Waals surface area contributed by atoms with Crippen LogP contribution in [0.25, 0.3) is 0 Å². The number of methoxy groups -OCH3 is 1. The Bertz CT molecular complexity index is 1060. The summed E-state index contributed by atoms with van der Waals surface area (Å²) in [6, 6.07) is 3.46. The molecule has 0 spiro atoms. The topological polar surface area (TPSA) is 109 Å². The first-order valence-corrected chi connectivity index (χ1v) is 11.5. The predicted molar refractivity (Wildman–Crippen MR) is 121 cm³/mol. The maximum Gasteiger partial charge on any atom is 0.265 e. The van der Waals surface area contributed by atoms with Crippen molar-refractivity contribution in [3.63, 3.8) is 0 Å². The molecule has 4 N–H and O–H groups in total. The average molecular weight is 480 g/mol. The number of hydrogen-bond donors (Lipinski definition) is 2. The van der Waals surface area contributed by atoms with Crippen LogP contribution in [0.2, 0.25) is 0 Å². The number of carbonyl (C=O) groups is 1. The van der Waals surface area contributed by atoms with Gasteiger partial charge < -0.3 is 25.8 Å². The monoisotopic (exact) mass is 479 g/mol. The Morgan fingerprint density at radius 2 is 2.00 bits per heavy atom. The number of aromatic nitrogens is 2. The van der Waals surface area contributed by atoms with Crippen LogP contribution in [-0.4, -0.2) is 41.0 Å². The molecule has 1 aromatic heterocycles. The van der Waals surface area contributed by atoms with Gasteiger partial charge in [-0.25, -0.2) is 8.78 Å². The Morgan fingerprint density at radius 1 is 1.30 bits per heavy atom. The van der Waals surface area contributed by atoms with Crippen LogP contribution in [0, 0.1) is 11.6 Å². The number of amides is 1. The number of halogens is 2. The Labute approximate surface area is 194 Å². The Morgan fingerprint density at radius 3 is 2.64 bits per heavy atom. The lowest BCUT2D eigenvalue weighted by Crippen LogP contribution is -2.42. The average Bonchev–Trinajstić information content (AvgIpc) is 3.31. The maximum absolute atomic E-state index is 14.7. The summed E-state index contributed by atoms with van der Waals surface area (Å²) in [5.74, 6) is -2.14. The second kappa shape index (κ2) is 9.41. The van der Waals surface area contributed by atoms with Gasteiger partial charge in [-0.05, 0) is 31.9 Å². The van der Waals surface area contributed by atoms with E-state index in [0.717, 1.165) is 11.8 Å². The molecule has 4 rings (SSSR count). The van der Waals surface area contributed by atoms with E-state index in [9.17, 15) is 13.6 Å². The summed E-state index contributed by atoms with van der Waals surface area (Å²) in [6.07, 6.45) is 1.74. The van der Waals surface area contributed by atoms with Gasteiger partial charge in [0.1, 0.15) is 28.8 Å². The number of benzene rings is 1. The van der Waals surface area contributed by atoms with Crippen LogP contribution in [0.1, 0.15) is 42.5 Å². The van der Waals surface area contributed by atoms with Crippen LogP contribution in [0.5, 0.6) is 0 Å². The summed E-state index contributed by atoms with van der Waals surface area (Å²) in [5.41, 5.74) is 13.0. The van der Waals surface area contributed by atoms with Crippen molar-refractivity contribution in [1.29, 1.82) is 0 Å². The van der Waals surface area contributed by atoms with E-state index >= 15 is 0 Å². The number of carbonyl (C=O) groups excluding carboxylic acids is 1. The van der Waals surface area contributed by atoms with E-state index in [1.165, 1.54) is 28.5 Å². The zero-order valence-corrected chi connectivity index (χ0v) is 19.4. The number of thioether (sulfide) groups is 1. The van der Waals surface area contributed by atoms with E-state index in [0.29, 0.717) is 24.2 Å². The fourth-order valence-corrected chi connectivity index (χ4v) is 5.77. The van der Waals surface area contributed by atoms with Gasteiger partial charge in [0.15, 0.2) is 0 Å². The lowest BCUT2D eigenvalue weighted by Gasteiger charge is -2.31. The number of aryl methyl sites for hydroxylation is 1. The van der Waals surface area contributed by atoms with Gasteiger partial charge in [0.2, 0.25) is 0 Å². The van der Waals surface area contributed by atoms with Crippen LogP contribution in [0.15, 0.2) is 35.5 Å². The minimum atomic E-state index is -0.881. The lowest BCUT2D eigenvalue weighted by molar-refractivity contribution is -0.114. The zero-order chi connectivity index (χ0) is 23.9. The van der Waals surface area contributed by atoms with Crippen LogP contribution in [-0.2, 0) is 21.3 Å². The standard InChI is InChI=1S/C22H27F2N5O3S/c1-11-20(31-3)14(25)7-8-17(32-11)19-15(9-27-28(19)2)29-16(21(26)30)10-33-22(29)18-12(23)5-4-6-13(18)24/h4-6,9-11,14,17,20,22H,7-8,25H2,1-3H3,(H2,26,30)/t11-,14+,17-,20+,22?/m0/s1. The van der Waals surface area contributed by atoms with Gasteiger partial charge in [0, 0.05) is 25.6 Å². The molecule has 2 aromatic rings. The molecule has 0 radical (unpaired) electrons. The minimum absolute atomic E-state index is 0.120. The van der Waals surface area contributed by atoms with E-state index in [1.54, 1.807) is 25.0 Å². The van der Waals surface area contributed by atoms with Crippen molar-refractivity contribution in [3.05, 3.63) is 58.4 Å². The summed E-state index contributed by atoms with van der Waals surface area (Å²) in [5, 5.41) is 5.01. The van der Waals surface area contributed by atoms with Gasteiger partial charge in [-0.1, -0.05) is 6.07 Å². The van der Waals surface area contributed by atoms with Crippen molar-refractivity contribution < 1.29 is 23.0 Å². The first kappa shape index (κ1) is 23.7. The number of hydrogen-bond acceptors (Lipinski definition) is 7. The van der Waals surface area contributed by atoms with Crippen molar-refractivity contribution in [2.45, 2.75) is 49.5 Å². The molecule has 0 aliphatic carbocycles. The number of rotatable bonds is 5. The van der Waals surface area contributed by atoms with Gasteiger partial charge in [-0.3, -0.25) is 9.48 Å². The molecule has 33 heavy (non-hydrogen) atoms. The zero-order valence-electron chi connectivity index (χ0n) is 18.6. The van der Waals surface area contributed by atoms with E-state index in [2.05, 4.69) is 5.10 Å². The van der Waals surface area contributed by atoms with Gasteiger partial charge in [0.05, 0.1) is 35.3 Å². The summed E-state index contributed by atoms with van der Waals surface area (Å²) < 4.78 is 42.9. The molecular weight excluding hydrogens is 452 g/mol. The number of anilines is 1. The van der Waals surface area contributed by atoms with E-state index in [-0.39, 0.29) is 29.5 Å². The molecule has 8 nitrogen and oxygen atoms in total. The molecular formula is C22H27F2N5O3S. The Balaban J connectivity index is 1.79. The van der Waals surface area contributed by atoms with Crippen LogP contribution >= 0.6 is 11.8 Å². The highest BCUT2D eigenvalue weighted by atomic mass is 32.2. The maximum atomic E-state index is 14.7. The number of nitrogens with two attached hydrogens (primary N) is 2. The second-order valence-electron chi connectivity index (χ2n) is 8.17. The molecule has 1 unspecified atom stereocenters. The van der Waals surface area contributed by atoms with Crippen molar-refractivity contribution in [3.8, 4) is 0 Å². The number of nitrogens with zero attached hydrogens (tertiary/aromatic N) is 3. The Kier molecular flexibility index (Phi) is 6.76. The third kappa shape index (κ3) is 4.25. The minimum Gasteiger partial charge on any atom is -0.377 e. The smallest absolute Gasteiger partial charge is 0.265 e. The quantitative estimate of drug-likeness (QED) is 0.679. The normalized spacial score (nSPS) is 28.0. The highest BCUT2D eigenvalue weighted by Gasteiger charge is 2.40. The molecule has 2 aliphatic rings. The van der Waals surface area contributed by atoms with Crippen LogP contribution in [0.4, 0.5) is 14.5 Å².